The Bertz CT molecular complexity index is 396. The molecule has 4 nitrogen and oxygen atoms in total. The highest BCUT2D eigenvalue weighted by atomic mass is 19.1. The maximum atomic E-state index is 13.3. The molecule has 1 aromatic rings. The van der Waals surface area contributed by atoms with Crippen molar-refractivity contribution in [2.75, 3.05) is 19.7 Å². The summed E-state index contributed by atoms with van der Waals surface area (Å²) in [5.41, 5.74) is -0.744. The highest BCUT2D eigenvalue weighted by Gasteiger charge is 2.21. The molecule has 0 saturated carbocycles. The van der Waals surface area contributed by atoms with E-state index in [0.29, 0.717) is 19.4 Å². The SMILES string of the molecule is CCC(O)(CC)CNCC(O)COc1ccccc1F. The molecule has 0 bridgehead atoms. The Labute approximate surface area is 119 Å². The number of ether oxygens (including phenoxy) is 1. The molecule has 0 fully saturated rings. The van der Waals surface area contributed by atoms with Gasteiger partial charge in [-0.05, 0) is 25.0 Å². The lowest BCUT2D eigenvalue weighted by Gasteiger charge is -2.26. The summed E-state index contributed by atoms with van der Waals surface area (Å²) in [5.74, 6) is -0.316. The van der Waals surface area contributed by atoms with Gasteiger partial charge in [-0.1, -0.05) is 26.0 Å². The summed E-state index contributed by atoms with van der Waals surface area (Å²) in [6, 6.07) is 6.08. The Morgan fingerprint density at radius 2 is 1.95 bits per heavy atom. The molecule has 0 aliphatic heterocycles. The van der Waals surface area contributed by atoms with Crippen molar-refractivity contribution in [2.45, 2.75) is 38.4 Å². The van der Waals surface area contributed by atoms with E-state index in [0.717, 1.165) is 0 Å². The van der Waals surface area contributed by atoms with Crippen LogP contribution in [0.25, 0.3) is 0 Å². The van der Waals surface area contributed by atoms with Crippen molar-refractivity contribution in [1.82, 2.24) is 5.32 Å². The van der Waals surface area contributed by atoms with Gasteiger partial charge in [0.05, 0.1) is 5.60 Å². The Morgan fingerprint density at radius 1 is 1.30 bits per heavy atom. The second kappa shape index (κ2) is 8.19. The van der Waals surface area contributed by atoms with Crippen LogP contribution in [0.4, 0.5) is 4.39 Å². The number of para-hydroxylation sites is 1. The molecule has 1 rings (SSSR count). The molecule has 1 unspecified atom stereocenters. The average Bonchev–Trinajstić information content (AvgIpc) is 2.46. The predicted molar refractivity (Wildman–Crippen MR) is 76.3 cm³/mol. The number of aliphatic hydroxyl groups is 2. The second-order valence-electron chi connectivity index (χ2n) is 4.96. The zero-order chi connectivity index (χ0) is 15.0. The summed E-state index contributed by atoms with van der Waals surface area (Å²) in [6.07, 6.45) is 0.545. The number of hydrogen-bond donors (Lipinski definition) is 3. The standard InChI is InChI=1S/C15H24FNO3/c1-3-15(19,4-2)11-17-9-12(18)10-20-14-8-6-5-7-13(14)16/h5-8,12,17-19H,3-4,9-11H2,1-2H3. The Kier molecular flexibility index (Phi) is 6.91. The van der Waals surface area contributed by atoms with E-state index < -0.39 is 17.5 Å². The summed E-state index contributed by atoms with van der Waals surface area (Å²) in [6.45, 7) is 4.55. The zero-order valence-electron chi connectivity index (χ0n) is 12.1. The fourth-order valence-electron chi connectivity index (χ4n) is 1.78. The van der Waals surface area contributed by atoms with Crippen LogP contribution in [-0.4, -0.2) is 41.6 Å². The summed E-state index contributed by atoms with van der Waals surface area (Å²) in [7, 11) is 0. The number of rotatable bonds is 9. The smallest absolute Gasteiger partial charge is 0.165 e. The lowest BCUT2D eigenvalue weighted by atomic mass is 9.97. The van der Waals surface area contributed by atoms with Crippen LogP contribution < -0.4 is 10.1 Å². The molecular weight excluding hydrogens is 261 g/mol. The van der Waals surface area contributed by atoms with Crippen LogP contribution in [0.2, 0.25) is 0 Å². The molecule has 114 valence electrons. The van der Waals surface area contributed by atoms with E-state index in [4.69, 9.17) is 4.74 Å². The number of halogens is 1. The fourth-order valence-corrected chi connectivity index (χ4v) is 1.78. The first-order valence-corrected chi connectivity index (χ1v) is 6.99. The van der Waals surface area contributed by atoms with Crippen LogP contribution in [0, 0.1) is 5.82 Å². The third-order valence-electron chi connectivity index (χ3n) is 3.42. The Morgan fingerprint density at radius 3 is 2.55 bits per heavy atom. The van der Waals surface area contributed by atoms with Crippen LogP contribution >= 0.6 is 0 Å². The Balaban J connectivity index is 2.27. The highest BCUT2D eigenvalue weighted by Crippen LogP contribution is 2.15. The van der Waals surface area contributed by atoms with Gasteiger partial charge in [0.25, 0.3) is 0 Å². The fraction of sp³-hybridized carbons (Fsp3) is 0.600. The van der Waals surface area contributed by atoms with Gasteiger partial charge < -0.3 is 20.3 Å². The molecule has 0 aliphatic rings. The molecule has 20 heavy (non-hydrogen) atoms. The average molecular weight is 285 g/mol. The lowest BCUT2D eigenvalue weighted by molar-refractivity contribution is 0.0269. The van der Waals surface area contributed by atoms with Crippen molar-refractivity contribution in [3.05, 3.63) is 30.1 Å². The van der Waals surface area contributed by atoms with Gasteiger partial charge in [-0.15, -0.1) is 0 Å². The van der Waals surface area contributed by atoms with Crippen LogP contribution in [0.5, 0.6) is 5.75 Å². The minimum Gasteiger partial charge on any atom is -0.488 e. The summed E-state index contributed by atoms with van der Waals surface area (Å²) in [5, 5.41) is 22.8. The van der Waals surface area contributed by atoms with E-state index in [-0.39, 0.29) is 18.9 Å². The lowest BCUT2D eigenvalue weighted by Crippen LogP contribution is -2.43. The molecule has 5 heteroatoms. The molecular formula is C15H24FNO3. The van der Waals surface area contributed by atoms with Gasteiger partial charge in [-0.25, -0.2) is 4.39 Å². The van der Waals surface area contributed by atoms with E-state index in [1.165, 1.54) is 12.1 Å². The van der Waals surface area contributed by atoms with Gasteiger partial charge in [0, 0.05) is 13.1 Å². The first kappa shape index (κ1) is 16.9. The summed E-state index contributed by atoms with van der Waals surface area (Å²) in [4.78, 5) is 0. The molecule has 0 aliphatic carbocycles. The number of aliphatic hydroxyl groups excluding tert-OH is 1. The molecule has 1 atom stereocenters. The highest BCUT2D eigenvalue weighted by molar-refractivity contribution is 5.23. The minimum atomic E-state index is -0.757. The molecule has 1 aromatic carbocycles. The quantitative estimate of drug-likeness (QED) is 0.646. The zero-order valence-corrected chi connectivity index (χ0v) is 12.1. The minimum absolute atomic E-state index is 0.00458. The van der Waals surface area contributed by atoms with Crippen molar-refractivity contribution < 1.29 is 19.3 Å². The van der Waals surface area contributed by atoms with E-state index in [2.05, 4.69) is 5.32 Å². The molecule has 3 N–H and O–H groups in total. The van der Waals surface area contributed by atoms with E-state index in [1.54, 1.807) is 12.1 Å². The van der Waals surface area contributed by atoms with Crippen molar-refractivity contribution in [1.29, 1.82) is 0 Å². The van der Waals surface area contributed by atoms with Crippen LogP contribution in [-0.2, 0) is 0 Å². The van der Waals surface area contributed by atoms with E-state index in [9.17, 15) is 14.6 Å². The van der Waals surface area contributed by atoms with Gasteiger partial charge in [-0.3, -0.25) is 0 Å². The van der Waals surface area contributed by atoms with Crippen LogP contribution in [0.15, 0.2) is 24.3 Å². The second-order valence-corrected chi connectivity index (χ2v) is 4.96. The molecule has 0 radical (unpaired) electrons. The van der Waals surface area contributed by atoms with Gasteiger partial charge in [0.15, 0.2) is 11.6 Å². The van der Waals surface area contributed by atoms with E-state index in [1.807, 2.05) is 13.8 Å². The molecule has 0 amide bonds. The van der Waals surface area contributed by atoms with Gasteiger partial charge in [0.2, 0.25) is 0 Å². The molecule has 0 heterocycles. The molecule has 0 aromatic heterocycles. The largest absolute Gasteiger partial charge is 0.488 e. The first-order chi connectivity index (χ1) is 9.50. The van der Waals surface area contributed by atoms with Crippen molar-refractivity contribution >= 4 is 0 Å². The van der Waals surface area contributed by atoms with Gasteiger partial charge in [0.1, 0.15) is 12.7 Å². The van der Waals surface area contributed by atoms with Gasteiger partial charge >= 0.3 is 0 Å². The van der Waals surface area contributed by atoms with Crippen molar-refractivity contribution in [2.24, 2.45) is 0 Å². The molecule has 0 saturated heterocycles. The number of nitrogens with one attached hydrogen (secondary N) is 1. The Hall–Kier alpha value is -1.17. The van der Waals surface area contributed by atoms with Crippen molar-refractivity contribution in [3.63, 3.8) is 0 Å². The maximum Gasteiger partial charge on any atom is 0.165 e. The monoisotopic (exact) mass is 285 g/mol. The molecule has 0 spiro atoms. The summed E-state index contributed by atoms with van der Waals surface area (Å²) >= 11 is 0. The normalized spacial score (nSPS) is 13.2. The number of hydrogen-bond acceptors (Lipinski definition) is 4. The summed E-state index contributed by atoms with van der Waals surface area (Å²) < 4.78 is 18.5. The predicted octanol–water partition coefficient (Wildman–Crippen LogP) is 1.71. The van der Waals surface area contributed by atoms with Crippen LogP contribution in [0.3, 0.4) is 0 Å². The first-order valence-electron chi connectivity index (χ1n) is 6.99. The third-order valence-corrected chi connectivity index (χ3v) is 3.42. The number of benzene rings is 1. The van der Waals surface area contributed by atoms with Crippen molar-refractivity contribution in [3.8, 4) is 5.75 Å². The van der Waals surface area contributed by atoms with E-state index >= 15 is 0 Å². The topological polar surface area (TPSA) is 61.7 Å². The van der Waals surface area contributed by atoms with Gasteiger partial charge in [-0.2, -0.15) is 0 Å². The van der Waals surface area contributed by atoms with Crippen LogP contribution in [0.1, 0.15) is 26.7 Å². The third kappa shape index (κ3) is 5.45. The maximum absolute atomic E-state index is 13.3.